The first-order valence-electron chi connectivity index (χ1n) is 6.12. The third kappa shape index (κ3) is 4.20. The molecular formula is C12H24N2O. The van der Waals surface area contributed by atoms with Crippen LogP contribution in [-0.2, 0) is 4.79 Å². The Bertz CT molecular complexity index is 204. The van der Waals surface area contributed by atoms with Gasteiger partial charge in [0.1, 0.15) is 0 Å². The Kier molecular flexibility index (Phi) is 5.09. The van der Waals surface area contributed by atoms with Gasteiger partial charge in [-0.1, -0.05) is 13.8 Å². The Morgan fingerprint density at radius 2 is 2.20 bits per heavy atom. The highest BCUT2D eigenvalue weighted by Crippen LogP contribution is 2.19. The van der Waals surface area contributed by atoms with E-state index in [0.29, 0.717) is 12.1 Å². The number of piperidine rings is 1. The molecule has 0 aliphatic carbocycles. The minimum Gasteiger partial charge on any atom is -0.340 e. The van der Waals surface area contributed by atoms with Crippen LogP contribution >= 0.6 is 0 Å². The average molecular weight is 212 g/mol. The molecule has 15 heavy (non-hydrogen) atoms. The number of rotatable bonds is 4. The van der Waals surface area contributed by atoms with Crippen LogP contribution in [0, 0.1) is 0 Å². The molecule has 0 saturated carbocycles. The largest absolute Gasteiger partial charge is 0.340 e. The van der Waals surface area contributed by atoms with E-state index in [9.17, 15) is 4.79 Å². The summed E-state index contributed by atoms with van der Waals surface area (Å²) in [7, 11) is 0. The van der Waals surface area contributed by atoms with Crippen molar-refractivity contribution < 1.29 is 4.79 Å². The maximum atomic E-state index is 11.4. The molecule has 0 spiro atoms. The van der Waals surface area contributed by atoms with Gasteiger partial charge in [0, 0.05) is 25.6 Å². The maximum absolute atomic E-state index is 11.4. The van der Waals surface area contributed by atoms with E-state index >= 15 is 0 Å². The number of carbonyl (C=O) groups is 1. The molecule has 0 aromatic carbocycles. The number of carbonyl (C=O) groups excluding carboxylic acids is 1. The van der Waals surface area contributed by atoms with Crippen molar-refractivity contribution in [3.63, 3.8) is 0 Å². The van der Waals surface area contributed by atoms with Gasteiger partial charge in [-0.2, -0.15) is 0 Å². The summed E-state index contributed by atoms with van der Waals surface area (Å²) in [4.78, 5) is 13.5. The van der Waals surface area contributed by atoms with Crippen molar-refractivity contribution in [1.29, 1.82) is 0 Å². The first-order valence-corrected chi connectivity index (χ1v) is 6.12. The molecule has 0 aromatic rings. The molecular weight excluding hydrogens is 188 g/mol. The number of hydrogen-bond acceptors (Lipinski definition) is 2. The van der Waals surface area contributed by atoms with Crippen LogP contribution in [0.1, 0.15) is 46.5 Å². The second-order valence-corrected chi connectivity index (χ2v) is 4.76. The van der Waals surface area contributed by atoms with E-state index in [4.69, 9.17) is 0 Å². The number of amides is 1. The molecule has 1 rings (SSSR count). The molecule has 0 bridgehead atoms. The predicted molar refractivity (Wildman–Crippen MR) is 62.8 cm³/mol. The summed E-state index contributed by atoms with van der Waals surface area (Å²) in [5.74, 6) is 0.240. The van der Waals surface area contributed by atoms with Crippen LogP contribution in [0.4, 0.5) is 0 Å². The zero-order valence-corrected chi connectivity index (χ0v) is 10.3. The summed E-state index contributed by atoms with van der Waals surface area (Å²) in [6.45, 7) is 7.98. The molecule has 1 amide bonds. The smallest absolute Gasteiger partial charge is 0.219 e. The monoisotopic (exact) mass is 212 g/mol. The Hall–Kier alpha value is -0.570. The normalized spacial score (nSPS) is 22.1. The molecule has 3 nitrogen and oxygen atoms in total. The summed E-state index contributed by atoms with van der Waals surface area (Å²) in [5.41, 5.74) is 0. The van der Waals surface area contributed by atoms with Crippen molar-refractivity contribution in [2.24, 2.45) is 0 Å². The molecule has 0 radical (unpaired) electrons. The zero-order valence-electron chi connectivity index (χ0n) is 10.3. The molecule has 88 valence electrons. The van der Waals surface area contributed by atoms with Crippen molar-refractivity contribution in [2.75, 3.05) is 13.1 Å². The molecule has 1 unspecified atom stereocenters. The summed E-state index contributed by atoms with van der Waals surface area (Å²) >= 11 is 0. The molecule has 1 saturated heterocycles. The van der Waals surface area contributed by atoms with Crippen LogP contribution in [0.3, 0.4) is 0 Å². The summed E-state index contributed by atoms with van der Waals surface area (Å²) in [5, 5.41) is 3.41. The lowest BCUT2D eigenvalue weighted by Crippen LogP contribution is -2.44. The van der Waals surface area contributed by atoms with Gasteiger partial charge < -0.3 is 10.2 Å². The van der Waals surface area contributed by atoms with Gasteiger partial charge in [0.15, 0.2) is 0 Å². The highest BCUT2D eigenvalue weighted by Gasteiger charge is 2.23. The minimum absolute atomic E-state index is 0.240. The Morgan fingerprint density at radius 1 is 1.47 bits per heavy atom. The van der Waals surface area contributed by atoms with E-state index in [1.807, 2.05) is 4.90 Å². The number of nitrogens with zero attached hydrogens (tertiary/aromatic N) is 1. The fourth-order valence-electron chi connectivity index (χ4n) is 2.25. The lowest BCUT2D eigenvalue weighted by molar-refractivity contribution is -0.132. The Morgan fingerprint density at radius 3 is 2.80 bits per heavy atom. The number of nitrogens with one attached hydrogen (secondary N) is 1. The van der Waals surface area contributed by atoms with E-state index in [1.165, 1.54) is 19.3 Å². The molecule has 3 heteroatoms. The van der Waals surface area contributed by atoms with Crippen LogP contribution < -0.4 is 5.32 Å². The molecule has 1 fully saturated rings. The maximum Gasteiger partial charge on any atom is 0.219 e. The van der Waals surface area contributed by atoms with E-state index in [2.05, 4.69) is 19.2 Å². The van der Waals surface area contributed by atoms with Gasteiger partial charge in [-0.05, 0) is 32.2 Å². The van der Waals surface area contributed by atoms with Crippen LogP contribution in [0.15, 0.2) is 0 Å². The van der Waals surface area contributed by atoms with Gasteiger partial charge in [0.05, 0.1) is 0 Å². The molecule has 0 aromatic heterocycles. The molecule has 1 N–H and O–H groups in total. The fourth-order valence-corrected chi connectivity index (χ4v) is 2.25. The van der Waals surface area contributed by atoms with Gasteiger partial charge in [0.2, 0.25) is 5.91 Å². The van der Waals surface area contributed by atoms with Gasteiger partial charge in [0.25, 0.3) is 0 Å². The van der Waals surface area contributed by atoms with Gasteiger partial charge in [-0.15, -0.1) is 0 Å². The highest BCUT2D eigenvalue weighted by molar-refractivity contribution is 5.73. The minimum atomic E-state index is 0.240. The third-order valence-corrected chi connectivity index (χ3v) is 3.06. The van der Waals surface area contributed by atoms with Crippen molar-refractivity contribution >= 4 is 5.91 Å². The Balaban J connectivity index is 2.33. The fraction of sp³-hybridized carbons (Fsp3) is 0.917. The zero-order chi connectivity index (χ0) is 11.3. The average Bonchev–Trinajstić information content (AvgIpc) is 2.17. The van der Waals surface area contributed by atoms with E-state index < -0.39 is 0 Å². The van der Waals surface area contributed by atoms with Crippen molar-refractivity contribution in [1.82, 2.24) is 10.2 Å². The van der Waals surface area contributed by atoms with E-state index in [1.54, 1.807) is 6.92 Å². The lowest BCUT2D eigenvalue weighted by Gasteiger charge is -2.35. The third-order valence-electron chi connectivity index (χ3n) is 3.06. The van der Waals surface area contributed by atoms with Gasteiger partial charge >= 0.3 is 0 Å². The van der Waals surface area contributed by atoms with Gasteiger partial charge in [-0.25, -0.2) is 0 Å². The first kappa shape index (κ1) is 12.5. The van der Waals surface area contributed by atoms with Crippen LogP contribution in [0.25, 0.3) is 0 Å². The predicted octanol–water partition coefficient (Wildman–Crippen LogP) is 1.78. The second-order valence-electron chi connectivity index (χ2n) is 4.76. The number of hydrogen-bond donors (Lipinski definition) is 1. The van der Waals surface area contributed by atoms with Crippen LogP contribution in [-0.4, -0.2) is 36.0 Å². The molecule has 1 aliphatic rings. The number of likely N-dealkylation sites (tertiary alicyclic amines) is 1. The van der Waals surface area contributed by atoms with E-state index in [-0.39, 0.29) is 5.91 Å². The first-order chi connectivity index (χ1) is 7.11. The summed E-state index contributed by atoms with van der Waals surface area (Å²) in [6, 6.07) is 1.02. The van der Waals surface area contributed by atoms with Crippen molar-refractivity contribution in [3.05, 3.63) is 0 Å². The quantitative estimate of drug-likeness (QED) is 0.770. The molecule has 1 atom stereocenters. The van der Waals surface area contributed by atoms with Crippen LogP contribution in [0.2, 0.25) is 0 Å². The SMILES string of the molecule is CC(=O)N1CCCCC1CCNC(C)C. The highest BCUT2D eigenvalue weighted by atomic mass is 16.2. The van der Waals surface area contributed by atoms with Crippen molar-refractivity contribution in [3.8, 4) is 0 Å². The van der Waals surface area contributed by atoms with Crippen LogP contribution in [0.5, 0.6) is 0 Å². The van der Waals surface area contributed by atoms with Gasteiger partial charge in [-0.3, -0.25) is 4.79 Å². The molecule has 1 heterocycles. The topological polar surface area (TPSA) is 32.3 Å². The summed E-state index contributed by atoms with van der Waals surface area (Å²) in [6.07, 6.45) is 4.72. The molecule has 1 aliphatic heterocycles. The lowest BCUT2D eigenvalue weighted by atomic mass is 9.99. The Labute approximate surface area is 93.2 Å². The summed E-state index contributed by atoms with van der Waals surface area (Å²) < 4.78 is 0. The van der Waals surface area contributed by atoms with Crippen molar-refractivity contribution in [2.45, 2.75) is 58.5 Å². The standard InChI is InChI=1S/C12H24N2O/c1-10(2)13-8-7-12-6-4-5-9-14(12)11(3)15/h10,12-13H,4-9H2,1-3H3. The second kappa shape index (κ2) is 6.11. The van der Waals surface area contributed by atoms with E-state index in [0.717, 1.165) is 19.5 Å².